The number of benzene rings is 2. The molecule has 0 aliphatic heterocycles. The van der Waals surface area contributed by atoms with E-state index in [0.29, 0.717) is 30.0 Å². The fourth-order valence-corrected chi connectivity index (χ4v) is 2.35. The van der Waals surface area contributed by atoms with E-state index in [2.05, 4.69) is 5.32 Å². The molecule has 0 heterocycles. The number of carbonyl (C=O) groups is 2. The minimum Gasteiger partial charge on any atom is -0.504 e. The van der Waals surface area contributed by atoms with E-state index in [1.807, 2.05) is 12.1 Å². The zero-order valence-corrected chi connectivity index (χ0v) is 15.2. The third-order valence-corrected chi connectivity index (χ3v) is 3.89. The van der Waals surface area contributed by atoms with Gasteiger partial charge < -0.3 is 25.2 Å². The standard InChI is InChI=1S/C20H22N2O5/c1-22(20(25)26)11-10-14-4-3-5-16(12-14)21-19(24)9-7-15-6-8-17(23)18(13-15)27-2/h3-9,12-13,23H,10-11H2,1-2H3,(H,21,24)(H,25,26)/b9-7+. The lowest BCUT2D eigenvalue weighted by atomic mass is 10.1. The van der Waals surface area contributed by atoms with Crippen LogP contribution in [0.15, 0.2) is 48.5 Å². The van der Waals surface area contributed by atoms with Gasteiger partial charge >= 0.3 is 6.09 Å². The molecule has 142 valence electrons. The molecule has 3 N–H and O–H groups in total. The average molecular weight is 370 g/mol. The van der Waals surface area contributed by atoms with E-state index in [9.17, 15) is 14.7 Å². The zero-order valence-electron chi connectivity index (χ0n) is 15.2. The van der Waals surface area contributed by atoms with Gasteiger partial charge in [-0.15, -0.1) is 0 Å². The molecule has 2 amide bonds. The fraction of sp³-hybridized carbons (Fsp3) is 0.200. The smallest absolute Gasteiger partial charge is 0.407 e. The maximum Gasteiger partial charge on any atom is 0.407 e. The molecule has 7 heteroatoms. The Kier molecular flexibility index (Phi) is 6.82. The van der Waals surface area contributed by atoms with E-state index in [0.717, 1.165) is 5.56 Å². The van der Waals surface area contributed by atoms with Crippen molar-refractivity contribution in [2.45, 2.75) is 6.42 Å². The summed E-state index contributed by atoms with van der Waals surface area (Å²) in [6, 6.07) is 12.0. The van der Waals surface area contributed by atoms with Crippen LogP contribution in [0.3, 0.4) is 0 Å². The largest absolute Gasteiger partial charge is 0.504 e. The highest BCUT2D eigenvalue weighted by molar-refractivity contribution is 6.02. The molecule has 0 aliphatic carbocycles. The Bertz CT molecular complexity index is 848. The van der Waals surface area contributed by atoms with Gasteiger partial charge in [-0.25, -0.2) is 4.79 Å². The number of ether oxygens (including phenoxy) is 1. The zero-order chi connectivity index (χ0) is 19.8. The lowest BCUT2D eigenvalue weighted by Crippen LogP contribution is -2.26. The van der Waals surface area contributed by atoms with Crippen molar-refractivity contribution in [1.29, 1.82) is 0 Å². The molecule has 0 aliphatic rings. The fourth-order valence-electron chi connectivity index (χ4n) is 2.35. The van der Waals surface area contributed by atoms with Crippen molar-refractivity contribution < 1.29 is 24.5 Å². The molecule has 0 bridgehead atoms. The first-order chi connectivity index (χ1) is 12.9. The molecule has 0 saturated carbocycles. The molecular formula is C20H22N2O5. The summed E-state index contributed by atoms with van der Waals surface area (Å²) >= 11 is 0. The Labute approximate surface area is 157 Å². The van der Waals surface area contributed by atoms with Crippen LogP contribution in [0.4, 0.5) is 10.5 Å². The van der Waals surface area contributed by atoms with Gasteiger partial charge in [-0.1, -0.05) is 18.2 Å². The summed E-state index contributed by atoms with van der Waals surface area (Å²) in [5.41, 5.74) is 2.27. The average Bonchev–Trinajstić information content (AvgIpc) is 2.65. The number of hydrogen-bond donors (Lipinski definition) is 3. The number of rotatable bonds is 7. The molecule has 0 unspecified atom stereocenters. The number of methoxy groups -OCH3 is 1. The van der Waals surface area contributed by atoms with Gasteiger partial charge in [-0.05, 0) is 47.9 Å². The molecule has 27 heavy (non-hydrogen) atoms. The molecule has 7 nitrogen and oxygen atoms in total. The summed E-state index contributed by atoms with van der Waals surface area (Å²) in [7, 11) is 2.97. The molecule has 0 spiro atoms. The van der Waals surface area contributed by atoms with Crippen LogP contribution in [0.5, 0.6) is 11.5 Å². The number of aromatic hydroxyl groups is 1. The first-order valence-electron chi connectivity index (χ1n) is 8.28. The second-order valence-electron chi connectivity index (χ2n) is 5.91. The van der Waals surface area contributed by atoms with Crippen molar-refractivity contribution in [2.75, 3.05) is 26.0 Å². The van der Waals surface area contributed by atoms with Crippen LogP contribution in [0.25, 0.3) is 6.08 Å². The van der Waals surface area contributed by atoms with Gasteiger partial charge in [-0.2, -0.15) is 0 Å². The van der Waals surface area contributed by atoms with E-state index >= 15 is 0 Å². The number of anilines is 1. The summed E-state index contributed by atoms with van der Waals surface area (Å²) in [5, 5.41) is 21.2. The first kappa shape index (κ1) is 19.8. The Morgan fingerprint density at radius 2 is 2.00 bits per heavy atom. The number of nitrogens with zero attached hydrogens (tertiary/aromatic N) is 1. The van der Waals surface area contributed by atoms with Gasteiger partial charge in [0.1, 0.15) is 0 Å². The SMILES string of the molecule is COc1cc(/C=C/C(=O)Nc2cccc(CCN(C)C(=O)O)c2)ccc1O. The molecule has 2 rings (SSSR count). The van der Waals surface area contributed by atoms with Gasteiger partial charge in [0, 0.05) is 25.4 Å². The van der Waals surface area contributed by atoms with Gasteiger partial charge in [0.05, 0.1) is 7.11 Å². The predicted molar refractivity (Wildman–Crippen MR) is 103 cm³/mol. The van der Waals surface area contributed by atoms with Crippen molar-refractivity contribution in [2.24, 2.45) is 0 Å². The van der Waals surface area contributed by atoms with E-state index in [4.69, 9.17) is 9.84 Å². The van der Waals surface area contributed by atoms with Gasteiger partial charge in [-0.3, -0.25) is 4.79 Å². The monoisotopic (exact) mass is 370 g/mol. The highest BCUT2D eigenvalue weighted by atomic mass is 16.5. The number of phenolic OH excluding ortho intramolecular Hbond substituents is 1. The van der Waals surface area contributed by atoms with Crippen LogP contribution in [-0.4, -0.2) is 47.8 Å². The molecule has 0 radical (unpaired) electrons. The highest BCUT2D eigenvalue weighted by Crippen LogP contribution is 2.26. The van der Waals surface area contributed by atoms with Crippen LogP contribution in [0.1, 0.15) is 11.1 Å². The van der Waals surface area contributed by atoms with Crippen LogP contribution < -0.4 is 10.1 Å². The minimum absolute atomic E-state index is 0.0319. The number of phenols is 1. The lowest BCUT2D eigenvalue weighted by Gasteiger charge is -2.13. The van der Waals surface area contributed by atoms with E-state index in [1.165, 1.54) is 31.2 Å². The Morgan fingerprint density at radius 3 is 2.70 bits per heavy atom. The molecular weight excluding hydrogens is 348 g/mol. The number of hydrogen-bond acceptors (Lipinski definition) is 4. The van der Waals surface area contributed by atoms with Gasteiger partial charge in [0.25, 0.3) is 0 Å². The molecule has 0 saturated heterocycles. The lowest BCUT2D eigenvalue weighted by molar-refractivity contribution is -0.111. The number of nitrogens with one attached hydrogen (secondary N) is 1. The summed E-state index contributed by atoms with van der Waals surface area (Å²) < 4.78 is 5.03. The Hall–Kier alpha value is -3.48. The third-order valence-electron chi connectivity index (χ3n) is 3.89. The minimum atomic E-state index is -0.976. The number of likely N-dealkylation sites (N-methyl/N-ethyl adjacent to an activating group) is 1. The van der Waals surface area contributed by atoms with Crippen molar-refractivity contribution >= 4 is 23.8 Å². The van der Waals surface area contributed by atoms with Crippen LogP contribution in [0.2, 0.25) is 0 Å². The van der Waals surface area contributed by atoms with Gasteiger partial charge in [0.2, 0.25) is 5.91 Å². The summed E-state index contributed by atoms with van der Waals surface area (Å²) in [6.45, 7) is 0.370. The third kappa shape index (κ3) is 6.07. The maximum absolute atomic E-state index is 12.1. The van der Waals surface area contributed by atoms with E-state index in [1.54, 1.807) is 30.3 Å². The van der Waals surface area contributed by atoms with Crippen LogP contribution in [0, 0.1) is 0 Å². The summed E-state index contributed by atoms with van der Waals surface area (Å²) in [5.74, 6) is 0.0582. The Morgan fingerprint density at radius 1 is 1.22 bits per heavy atom. The molecule has 0 atom stereocenters. The highest BCUT2D eigenvalue weighted by Gasteiger charge is 2.06. The normalized spacial score (nSPS) is 10.6. The number of carbonyl (C=O) groups excluding carboxylic acids is 1. The van der Waals surface area contributed by atoms with Crippen molar-refractivity contribution in [1.82, 2.24) is 4.90 Å². The second-order valence-corrected chi connectivity index (χ2v) is 5.91. The second kappa shape index (κ2) is 9.28. The van der Waals surface area contributed by atoms with Crippen LogP contribution in [-0.2, 0) is 11.2 Å². The van der Waals surface area contributed by atoms with E-state index < -0.39 is 6.09 Å². The number of carboxylic acid groups (broad SMARTS) is 1. The number of amides is 2. The predicted octanol–water partition coefficient (Wildman–Crippen LogP) is 3.21. The molecule has 2 aromatic carbocycles. The van der Waals surface area contributed by atoms with Crippen LogP contribution >= 0.6 is 0 Å². The van der Waals surface area contributed by atoms with E-state index in [-0.39, 0.29) is 11.7 Å². The summed E-state index contributed by atoms with van der Waals surface area (Å²) in [6.07, 6.45) is 2.57. The van der Waals surface area contributed by atoms with Crippen molar-refractivity contribution in [3.63, 3.8) is 0 Å². The Balaban J connectivity index is 1.97. The van der Waals surface area contributed by atoms with Crippen molar-refractivity contribution in [3.05, 3.63) is 59.7 Å². The molecule has 2 aromatic rings. The van der Waals surface area contributed by atoms with Gasteiger partial charge in [0.15, 0.2) is 11.5 Å². The first-order valence-corrected chi connectivity index (χ1v) is 8.28. The quantitative estimate of drug-likeness (QED) is 0.650. The molecule has 0 fully saturated rings. The maximum atomic E-state index is 12.1. The summed E-state index contributed by atoms with van der Waals surface area (Å²) in [4.78, 5) is 24.1. The molecule has 0 aromatic heterocycles. The van der Waals surface area contributed by atoms with Crippen molar-refractivity contribution in [3.8, 4) is 11.5 Å². The topological polar surface area (TPSA) is 99.1 Å².